The SMILES string of the molecule is Cc1ncc(I)c(C#N)c1C(F)F. The molecule has 0 aliphatic rings. The summed E-state index contributed by atoms with van der Waals surface area (Å²) in [5.74, 6) is 0. The first-order chi connectivity index (χ1) is 6.07. The van der Waals surface area contributed by atoms with Gasteiger partial charge in [0.05, 0.1) is 11.1 Å². The van der Waals surface area contributed by atoms with Gasteiger partial charge in [0.25, 0.3) is 6.43 Å². The van der Waals surface area contributed by atoms with Gasteiger partial charge in [0.15, 0.2) is 0 Å². The van der Waals surface area contributed by atoms with E-state index in [1.807, 2.05) is 22.6 Å². The summed E-state index contributed by atoms with van der Waals surface area (Å²) in [7, 11) is 0. The second-order valence-corrected chi connectivity index (χ2v) is 3.55. The number of hydrogen-bond donors (Lipinski definition) is 0. The molecule has 13 heavy (non-hydrogen) atoms. The van der Waals surface area contributed by atoms with E-state index in [4.69, 9.17) is 5.26 Å². The zero-order chi connectivity index (χ0) is 10.0. The zero-order valence-corrected chi connectivity index (χ0v) is 8.84. The van der Waals surface area contributed by atoms with Crippen LogP contribution in [0.15, 0.2) is 6.20 Å². The average molecular weight is 294 g/mol. The molecule has 0 aliphatic heterocycles. The van der Waals surface area contributed by atoms with Crippen LogP contribution >= 0.6 is 22.6 Å². The second kappa shape index (κ2) is 3.96. The minimum Gasteiger partial charge on any atom is -0.260 e. The topological polar surface area (TPSA) is 36.7 Å². The molecule has 5 heteroatoms. The summed E-state index contributed by atoms with van der Waals surface area (Å²) in [6, 6.07) is 1.76. The summed E-state index contributed by atoms with van der Waals surface area (Å²) >= 11 is 1.82. The van der Waals surface area contributed by atoms with Gasteiger partial charge in [-0.2, -0.15) is 5.26 Å². The van der Waals surface area contributed by atoms with Crippen LogP contribution in [0.4, 0.5) is 8.78 Å². The van der Waals surface area contributed by atoms with Crippen LogP contribution in [0, 0.1) is 21.8 Å². The molecular formula is C8H5F2IN2. The summed E-state index contributed by atoms with van der Waals surface area (Å²) in [6.07, 6.45) is -1.22. The molecule has 0 aromatic carbocycles. The van der Waals surface area contributed by atoms with Gasteiger partial charge < -0.3 is 0 Å². The first-order valence-electron chi connectivity index (χ1n) is 3.41. The molecule has 68 valence electrons. The van der Waals surface area contributed by atoms with E-state index in [0.29, 0.717) is 3.57 Å². The van der Waals surface area contributed by atoms with Gasteiger partial charge in [-0.3, -0.25) is 4.98 Å². The van der Waals surface area contributed by atoms with Gasteiger partial charge in [0.2, 0.25) is 0 Å². The number of halogens is 3. The third-order valence-corrected chi connectivity index (χ3v) is 2.42. The Morgan fingerprint density at radius 1 is 1.62 bits per heavy atom. The van der Waals surface area contributed by atoms with Crippen LogP contribution in [0.5, 0.6) is 0 Å². The van der Waals surface area contributed by atoms with Crippen LogP contribution in [0.3, 0.4) is 0 Å². The van der Waals surface area contributed by atoms with Gasteiger partial charge >= 0.3 is 0 Å². The monoisotopic (exact) mass is 294 g/mol. The molecule has 0 bridgehead atoms. The fraction of sp³-hybridized carbons (Fsp3) is 0.250. The maximum Gasteiger partial charge on any atom is 0.266 e. The van der Waals surface area contributed by atoms with Gasteiger partial charge in [-0.15, -0.1) is 0 Å². The largest absolute Gasteiger partial charge is 0.266 e. The fourth-order valence-electron chi connectivity index (χ4n) is 0.978. The summed E-state index contributed by atoms with van der Waals surface area (Å²) < 4.78 is 25.4. The highest BCUT2D eigenvalue weighted by Crippen LogP contribution is 2.27. The van der Waals surface area contributed by atoms with Crippen molar-refractivity contribution in [3.05, 3.63) is 26.6 Å². The normalized spacial score (nSPS) is 10.2. The Balaban J connectivity index is 3.46. The number of nitrogens with zero attached hydrogens (tertiary/aromatic N) is 2. The van der Waals surface area contributed by atoms with Crippen LogP contribution in [0.25, 0.3) is 0 Å². The molecule has 0 saturated carbocycles. The summed E-state index contributed by atoms with van der Waals surface area (Å²) in [5, 5.41) is 8.66. The first kappa shape index (κ1) is 10.3. The molecule has 1 rings (SSSR count). The third-order valence-electron chi connectivity index (χ3n) is 1.60. The highest BCUT2D eigenvalue weighted by molar-refractivity contribution is 14.1. The minimum absolute atomic E-state index is 0.0306. The van der Waals surface area contributed by atoms with Crippen LogP contribution in [-0.2, 0) is 0 Å². The van der Waals surface area contributed by atoms with Crippen molar-refractivity contribution in [1.29, 1.82) is 5.26 Å². The van der Waals surface area contributed by atoms with E-state index in [2.05, 4.69) is 4.98 Å². The lowest BCUT2D eigenvalue weighted by atomic mass is 10.1. The van der Waals surface area contributed by atoms with E-state index in [1.165, 1.54) is 13.1 Å². The second-order valence-electron chi connectivity index (χ2n) is 2.39. The summed E-state index contributed by atoms with van der Waals surface area (Å²) in [4.78, 5) is 3.77. The van der Waals surface area contributed by atoms with E-state index in [9.17, 15) is 8.78 Å². The molecule has 0 amide bonds. The summed E-state index contributed by atoms with van der Waals surface area (Å²) in [6.45, 7) is 1.47. The van der Waals surface area contributed by atoms with Crippen molar-refractivity contribution >= 4 is 22.6 Å². The van der Waals surface area contributed by atoms with Gasteiger partial charge in [0, 0.05) is 15.5 Å². The number of rotatable bonds is 1. The van der Waals surface area contributed by atoms with E-state index in [-0.39, 0.29) is 16.8 Å². The Morgan fingerprint density at radius 2 is 2.23 bits per heavy atom. The molecule has 0 fully saturated rings. The maximum atomic E-state index is 12.5. The molecular weight excluding hydrogens is 289 g/mol. The number of alkyl halides is 2. The Labute approximate surface area is 87.7 Å². The van der Waals surface area contributed by atoms with Crippen molar-refractivity contribution in [2.45, 2.75) is 13.3 Å². The zero-order valence-electron chi connectivity index (χ0n) is 6.68. The van der Waals surface area contributed by atoms with E-state index in [0.717, 1.165) is 0 Å². The number of nitriles is 1. The van der Waals surface area contributed by atoms with Crippen LogP contribution in [-0.4, -0.2) is 4.98 Å². The smallest absolute Gasteiger partial charge is 0.260 e. The third kappa shape index (κ3) is 1.94. The van der Waals surface area contributed by atoms with E-state index >= 15 is 0 Å². The Hall–Kier alpha value is -0.770. The van der Waals surface area contributed by atoms with E-state index < -0.39 is 6.43 Å². The molecule has 1 heterocycles. The molecule has 0 atom stereocenters. The molecule has 0 saturated heterocycles. The van der Waals surface area contributed by atoms with Gasteiger partial charge in [-0.05, 0) is 29.5 Å². The Morgan fingerprint density at radius 3 is 2.62 bits per heavy atom. The molecule has 0 spiro atoms. The first-order valence-corrected chi connectivity index (χ1v) is 4.49. The lowest BCUT2D eigenvalue weighted by molar-refractivity contribution is 0.149. The minimum atomic E-state index is -2.64. The molecule has 0 N–H and O–H groups in total. The van der Waals surface area contributed by atoms with Crippen molar-refractivity contribution in [2.24, 2.45) is 0 Å². The number of aromatic nitrogens is 1. The average Bonchev–Trinajstić information content (AvgIpc) is 2.07. The molecule has 1 aromatic rings. The van der Waals surface area contributed by atoms with Crippen LogP contribution < -0.4 is 0 Å². The molecule has 0 radical (unpaired) electrons. The molecule has 2 nitrogen and oxygen atoms in total. The number of hydrogen-bond acceptors (Lipinski definition) is 2. The number of pyridine rings is 1. The van der Waals surface area contributed by atoms with Gasteiger partial charge in [-0.25, -0.2) is 8.78 Å². The van der Waals surface area contributed by atoms with Crippen molar-refractivity contribution < 1.29 is 8.78 Å². The lowest BCUT2D eigenvalue weighted by Crippen LogP contribution is -2.00. The van der Waals surface area contributed by atoms with Crippen LogP contribution in [0.2, 0.25) is 0 Å². The Kier molecular flexibility index (Phi) is 3.14. The molecule has 0 aliphatic carbocycles. The van der Waals surface area contributed by atoms with Crippen molar-refractivity contribution in [1.82, 2.24) is 4.98 Å². The highest BCUT2D eigenvalue weighted by atomic mass is 127. The van der Waals surface area contributed by atoms with Crippen LogP contribution in [0.1, 0.15) is 23.2 Å². The predicted octanol–water partition coefficient (Wildman–Crippen LogP) is 2.80. The van der Waals surface area contributed by atoms with Crippen molar-refractivity contribution in [3.8, 4) is 6.07 Å². The fourth-order valence-corrected chi connectivity index (χ4v) is 1.53. The standard InChI is InChI=1S/C8H5F2IN2/c1-4-7(8(9)10)5(2-12)6(11)3-13-4/h3,8H,1H3. The van der Waals surface area contributed by atoms with Gasteiger partial charge in [0.1, 0.15) is 6.07 Å². The molecule has 0 unspecified atom stereocenters. The summed E-state index contributed by atoms with van der Waals surface area (Å²) in [5.41, 5.74) is -0.00975. The van der Waals surface area contributed by atoms with Crippen molar-refractivity contribution in [3.63, 3.8) is 0 Å². The lowest BCUT2D eigenvalue weighted by Gasteiger charge is -2.06. The Bertz CT molecular complexity index is 371. The quantitative estimate of drug-likeness (QED) is 0.747. The predicted molar refractivity (Wildman–Crippen MR) is 51.4 cm³/mol. The van der Waals surface area contributed by atoms with Gasteiger partial charge in [-0.1, -0.05) is 0 Å². The van der Waals surface area contributed by atoms with Crippen molar-refractivity contribution in [2.75, 3.05) is 0 Å². The van der Waals surface area contributed by atoms with E-state index in [1.54, 1.807) is 6.07 Å². The molecule has 1 aromatic heterocycles. The highest BCUT2D eigenvalue weighted by Gasteiger charge is 2.18. The maximum absolute atomic E-state index is 12.5. The number of aryl methyl sites for hydroxylation is 1.